The second-order valence-corrected chi connectivity index (χ2v) is 5.16. The van der Waals surface area contributed by atoms with Crippen molar-refractivity contribution in [3.05, 3.63) is 16.8 Å². The third-order valence-corrected chi connectivity index (χ3v) is 3.32. The summed E-state index contributed by atoms with van der Waals surface area (Å²) in [6, 6.07) is 2.13. The lowest BCUT2D eigenvalue weighted by Crippen LogP contribution is -2.05. The van der Waals surface area contributed by atoms with Crippen molar-refractivity contribution in [3.63, 3.8) is 0 Å². The molecule has 0 atom stereocenters. The molecule has 0 fully saturated rings. The van der Waals surface area contributed by atoms with E-state index in [1.54, 1.807) is 18.4 Å². The second kappa shape index (κ2) is 5.42. The van der Waals surface area contributed by atoms with Crippen molar-refractivity contribution < 1.29 is 4.74 Å². The van der Waals surface area contributed by atoms with Gasteiger partial charge in [-0.25, -0.2) is 9.97 Å². The maximum absolute atomic E-state index is 5.09. The van der Waals surface area contributed by atoms with Crippen LogP contribution in [-0.4, -0.2) is 23.6 Å². The number of nitrogens with zero attached hydrogens (tertiary/aromatic N) is 2. The molecular formula is C12H17N3OS. The number of rotatable bonds is 5. The first-order valence-corrected chi connectivity index (χ1v) is 6.56. The van der Waals surface area contributed by atoms with Gasteiger partial charge in [0.15, 0.2) is 5.82 Å². The summed E-state index contributed by atoms with van der Waals surface area (Å²) in [4.78, 5) is 11.3. The minimum atomic E-state index is 0.452. The molecule has 2 rings (SSSR count). The molecule has 0 radical (unpaired) electrons. The first-order chi connectivity index (χ1) is 8.24. The first-order valence-electron chi connectivity index (χ1n) is 5.74. The molecule has 0 bridgehead atoms. The minimum Gasteiger partial charge on any atom is -0.377 e. The molecule has 4 nitrogen and oxygen atoms in total. The summed E-state index contributed by atoms with van der Waals surface area (Å²) in [6.45, 7) is 5.60. The number of aromatic nitrogens is 2. The van der Waals surface area contributed by atoms with Gasteiger partial charge in [0, 0.05) is 18.5 Å². The number of hydrogen-bond donors (Lipinski definition) is 1. The number of thiophene rings is 1. The molecule has 0 saturated carbocycles. The highest BCUT2D eigenvalue weighted by molar-refractivity contribution is 7.18. The molecule has 2 heterocycles. The molecule has 2 aromatic heterocycles. The van der Waals surface area contributed by atoms with E-state index in [9.17, 15) is 0 Å². The van der Waals surface area contributed by atoms with Crippen LogP contribution in [0.2, 0.25) is 0 Å². The summed E-state index contributed by atoms with van der Waals surface area (Å²) in [5.41, 5.74) is 0. The van der Waals surface area contributed by atoms with Crippen molar-refractivity contribution in [2.75, 3.05) is 19.0 Å². The summed E-state index contributed by atoms with van der Waals surface area (Å²) in [7, 11) is 1.66. The number of ether oxygens (including phenoxy) is 1. The predicted molar refractivity (Wildman–Crippen MR) is 71.6 cm³/mol. The van der Waals surface area contributed by atoms with Crippen LogP contribution in [0.25, 0.3) is 10.2 Å². The van der Waals surface area contributed by atoms with E-state index in [2.05, 4.69) is 35.2 Å². The maximum Gasteiger partial charge on any atom is 0.158 e. The Labute approximate surface area is 105 Å². The van der Waals surface area contributed by atoms with Gasteiger partial charge in [-0.1, -0.05) is 6.92 Å². The van der Waals surface area contributed by atoms with E-state index in [4.69, 9.17) is 4.74 Å². The Morgan fingerprint density at radius 1 is 1.41 bits per heavy atom. The minimum absolute atomic E-state index is 0.452. The van der Waals surface area contributed by atoms with Crippen molar-refractivity contribution in [1.82, 2.24) is 9.97 Å². The van der Waals surface area contributed by atoms with Gasteiger partial charge >= 0.3 is 0 Å². The normalized spacial score (nSPS) is 11.0. The van der Waals surface area contributed by atoms with Gasteiger partial charge in [0.2, 0.25) is 0 Å². The first kappa shape index (κ1) is 12.3. The summed E-state index contributed by atoms with van der Waals surface area (Å²) >= 11 is 1.69. The lowest BCUT2D eigenvalue weighted by Gasteiger charge is -2.07. The third kappa shape index (κ3) is 2.73. The van der Waals surface area contributed by atoms with Gasteiger partial charge in [0.1, 0.15) is 17.3 Å². The van der Waals surface area contributed by atoms with E-state index in [1.165, 1.54) is 4.88 Å². The SMILES string of the molecule is CCCNc1nc(COC)nc2sc(C)cc12. The molecule has 0 aliphatic carbocycles. The zero-order valence-corrected chi connectivity index (χ0v) is 11.2. The number of methoxy groups -OCH3 is 1. The summed E-state index contributed by atoms with van der Waals surface area (Å²) in [5.74, 6) is 1.66. The molecule has 0 amide bonds. The van der Waals surface area contributed by atoms with Gasteiger partial charge < -0.3 is 10.1 Å². The number of nitrogens with one attached hydrogen (secondary N) is 1. The lowest BCUT2D eigenvalue weighted by molar-refractivity contribution is 0.178. The molecule has 17 heavy (non-hydrogen) atoms. The van der Waals surface area contributed by atoms with Crippen LogP contribution >= 0.6 is 11.3 Å². The molecule has 0 aliphatic rings. The van der Waals surface area contributed by atoms with Gasteiger partial charge in [-0.05, 0) is 19.4 Å². The van der Waals surface area contributed by atoms with Crippen LogP contribution in [0.3, 0.4) is 0 Å². The Morgan fingerprint density at radius 2 is 2.24 bits per heavy atom. The van der Waals surface area contributed by atoms with Gasteiger partial charge in [-0.15, -0.1) is 11.3 Å². The van der Waals surface area contributed by atoms with Gasteiger partial charge in [0.05, 0.1) is 5.39 Å². The molecule has 0 spiro atoms. The Hall–Kier alpha value is -1.20. The Balaban J connectivity index is 2.44. The van der Waals surface area contributed by atoms with E-state index in [1.807, 2.05) is 0 Å². The second-order valence-electron chi connectivity index (χ2n) is 3.92. The standard InChI is InChI=1S/C12H17N3OS/c1-4-5-13-11-9-6-8(2)17-12(9)15-10(14-11)7-16-3/h6H,4-5,7H2,1-3H3,(H,13,14,15). The average molecular weight is 251 g/mol. The Kier molecular flexibility index (Phi) is 3.91. The van der Waals surface area contributed by atoms with Crippen molar-refractivity contribution in [2.24, 2.45) is 0 Å². The molecular weight excluding hydrogens is 234 g/mol. The van der Waals surface area contributed by atoms with Crippen LogP contribution in [0.15, 0.2) is 6.07 Å². The quantitative estimate of drug-likeness (QED) is 0.887. The molecule has 92 valence electrons. The zero-order valence-electron chi connectivity index (χ0n) is 10.4. The molecule has 0 saturated heterocycles. The van der Waals surface area contributed by atoms with Crippen LogP contribution < -0.4 is 5.32 Å². The fourth-order valence-electron chi connectivity index (χ4n) is 1.66. The predicted octanol–water partition coefficient (Wildman–Crippen LogP) is 2.97. The largest absolute Gasteiger partial charge is 0.377 e. The molecule has 0 aromatic carbocycles. The molecule has 0 aliphatic heterocycles. The van der Waals surface area contributed by atoms with Crippen LogP contribution in [0.5, 0.6) is 0 Å². The average Bonchev–Trinajstić information content (AvgIpc) is 2.67. The Morgan fingerprint density at radius 3 is 2.94 bits per heavy atom. The number of anilines is 1. The highest BCUT2D eigenvalue weighted by Gasteiger charge is 2.09. The molecule has 1 N–H and O–H groups in total. The molecule has 0 unspecified atom stereocenters. The number of aryl methyl sites for hydroxylation is 1. The van der Waals surface area contributed by atoms with Gasteiger partial charge in [-0.3, -0.25) is 0 Å². The fraction of sp³-hybridized carbons (Fsp3) is 0.500. The van der Waals surface area contributed by atoms with Crippen LogP contribution in [-0.2, 0) is 11.3 Å². The van der Waals surface area contributed by atoms with Gasteiger partial charge in [-0.2, -0.15) is 0 Å². The van der Waals surface area contributed by atoms with Crippen molar-refractivity contribution in [3.8, 4) is 0 Å². The van der Waals surface area contributed by atoms with Crippen LogP contribution in [0.1, 0.15) is 24.0 Å². The van der Waals surface area contributed by atoms with Crippen molar-refractivity contribution in [1.29, 1.82) is 0 Å². The summed E-state index contributed by atoms with van der Waals surface area (Å²) in [5, 5.41) is 4.46. The maximum atomic E-state index is 5.09. The zero-order chi connectivity index (χ0) is 12.3. The summed E-state index contributed by atoms with van der Waals surface area (Å²) < 4.78 is 5.09. The summed E-state index contributed by atoms with van der Waals surface area (Å²) in [6.07, 6.45) is 1.08. The van der Waals surface area contributed by atoms with Crippen LogP contribution in [0, 0.1) is 6.92 Å². The highest BCUT2D eigenvalue weighted by Crippen LogP contribution is 2.28. The van der Waals surface area contributed by atoms with E-state index in [0.717, 1.165) is 34.8 Å². The Bertz CT molecular complexity index is 510. The smallest absolute Gasteiger partial charge is 0.158 e. The van der Waals surface area contributed by atoms with Crippen molar-refractivity contribution in [2.45, 2.75) is 26.9 Å². The van der Waals surface area contributed by atoms with E-state index in [0.29, 0.717) is 6.61 Å². The van der Waals surface area contributed by atoms with E-state index in [-0.39, 0.29) is 0 Å². The highest BCUT2D eigenvalue weighted by atomic mass is 32.1. The number of fused-ring (bicyclic) bond motifs is 1. The topological polar surface area (TPSA) is 47.0 Å². The van der Waals surface area contributed by atoms with E-state index < -0.39 is 0 Å². The fourth-order valence-corrected chi connectivity index (χ4v) is 2.56. The molecule has 2 aromatic rings. The van der Waals surface area contributed by atoms with Gasteiger partial charge in [0.25, 0.3) is 0 Å². The lowest BCUT2D eigenvalue weighted by atomic mass is 10.3. The van der Waals surface area contributed by atoms with Crippen molar-refractivity contribution >= 4 is 27.4 Å². The van der Waals surface area contributed by atoms with E-state index >= 15 is 0 Å². The molecule has 5 heteroatoms. The monoisotopic (exact) mass is 251 g/mol. The third-order valence-electron chi connectivity index (χ3n) is 2.38. The van der Waals surface area contributed by atoms with Crippen LogP contribution in [0.4, 0.5) is 5.82 Å². The number of hydrogen-bond acceptors (Lipinski definition) is 5.